The third-order valence-electron chi connectivity index (χ3n) is 2.23. The zero-order chi connectivity index (χ0) is 15.9. The van der Waals surface area contributed by atoms with E-state index in [-0.39, 0.29) is 12.4 Å². The third kappa shape index (κ3) is 8.02. The molecule has 0 spiro atoms. The van der Waals surface area contributed by atoms with Gasteiger partial charge >= 0.3 is 5.97 Å². The summed E-state index contributed by atoms with van der Waals surface area (Å²) in [5.41, 5.74) is -0.505. The SMILES string of the molecule is CC(C)(C)OC(=O)COCCCOc1ccc(Br)c(F)c1. The minimum Gasteiger partial charge on any atom is -0.493 e. The first-order valence-electron chi connectivity index (χ1n) is 6.65. The van der Waals surface area contributed by atoms with E-state index in [0.29, 0.717) is 29.9 Å². The zero-order valence-electron chi connectivity index (χ0n) is 12.4. The molecule has 0 radical (unpaired) electrons. The Kier molecular flexibility index (Phi) is 7.11. The highest BCUT2D eigenvalue weighted by molar-refractivity contribution is 9.10. The van der Waals surface area contributed by atoms with Gasteiger partial charge in [0.25, 0.3) is 0 Å². The van der Waals surface area contributed by atoms with Crippen molar-refractivity contribution >= 4 is 21.9 Å². The minimum absolute atomic E-state index is 0.0792. The van der Waals surface area contributed by atoms with Gasteiger partial charge in [-0.25, -0.2) is 9.18 Å². The predicted octanol–water partition coefficient (Wildman–Crippen LogP) is 3.72. The van der Waals surface area contributed by atoms with E-state index in [9.17, 15) is 9.18 Å². The van der Waals surface area contributed by atoms with Crippen molar-refractivity contribution in [3.8, 4) is 5.75 Å². The van der Waals surface area contributed by atoms with Gasteiger partial charge in [-0.15, -0.1) is 0 Å². The van der Waals surface area contributed by atoms with Gasteiger partial charge in [0.2, 0.25) is 0 Å². The summed E-state index contributed by atoms with van der Waals surface area (Å²) in [4.78, 5) is 11.4. The van der Waals surface area contributed by atoms with E-state index in [0.717, 1.165) is 0 Å². The van der Waals surface area contributed by atoms with Crippen molar-refractivity contribution in [1.29, 1.82) is 0 Å². The minimum atomic E-state index is -0.505. The van der Waals surface area contributed by atoms with Crippen LogP contribution >= 0.6 is 15.9 Å². The molecule has 0 aliphatic heterocycles. The Labute approximate surface area is 132 Å². The van der Waals surface area contributed by atoms with Gasteiger partial charge < -0.3 is 14.2 Å². The van der Waals surface area contributed by atoms with Crippen LogP contribution in [0.25, 0.3) is 0 Å². The normalized spacial score (nSPS) is 11.3. The molecule has 0 saturated carbocycles. The maximum absolute atomic E-state index is 13.2. The van der Waals surface area contributed by atoms with Crippen molar-refractivity contribution in [3.63, 3.8) is 0 Å². The van der Waals surface area contributed by atoms with Crippen LogP contribution in [0.4, 0.5) is 4.39 Å². The van der Waals surface area contributed by atoms with Crippen molar-refractivity contribution in [3.05, 3.63) is 28.5 Å². The lowest BCUT2D eigenvalue weighted by Gasteiger charge is -2.19. The second kappa shape index (κ2) is 8.34. The van der Waals surface area contributed by atoms with Crippen LogP contribution in [0.5, 0.6) is 5.75 Å². The largest absolute Gasteiger partial charge is 0.493 e. The predicted molar refractivity (Wildman–Crippen MR) is 80.9 cm³/mol. The van der Waals surface area contributed by atoms with E-state index in [1.165, 1.54) is 6.07 Å². The van der Waals surface area contributed by atoms with Crippen LogP contribution in [0.15, 0.2) is 22.7 Å². The summed E-state index contributed by atoms with van der Waals surface area (Å²) in [7, 11) is 0. The zero-order valence-corrected chi connectivity index (χ0v) is 14.0. The molecule has 6 heteroatoms. The number of benzene rings is 1. The summed E-state index contributed by atoms with van der Waals surface area (Å²) >= 11 is 3.07. The van der Waals surface area contributed by atoms with Gasteiger partial charge in [0.05, 0.1) is 17.7 Å². The molecule has 4 nitrogen and oxygen atoms in total. The van der Waals surface area contributed by atoms with Crippen LogP contribution in [-0.4, -0.2) is 31.4 Å². The molecule has 0 atom stereocenters. The van der Waals surface area contributed by atoms with Gasteiger partial charge in [-0.3, -0.25) is 0 Å². The summed E-state index contributed by atoms with van der Waals surface area (Å²) in [6.07, 6.45) is 0.598. The lowest BCUT2D eigenvalue weighted by atomic mass is 10.2. The molecule has 21 heavy (non-hydrogen) atoms. The summed E-state index contributed by atoms with van der Waals surface area (Å²) < 4.78 is 29.3. The highest BCUT2D eigenvalue weighted by Crippen LogP contribution is 2.20. The summed E-state index contributed by atoms with van der Waals surface area (Å²) in [5, 5.41) is 0. The maximum Gasteiger partial charge on any atom is 0.332 e. The Balaban J connectivity index is 2.12. The molecule has 1 aromatic rings. The molecule has 0 bridgehead atoms. The molecule has 1 aromatic carbocycles. The van der Waals surface area contributed by atoms with Crippen molar-refractivity contribution in [1.82, 2.24) is 0 Å². The Morgan fingerprint density at radius 2 is 2.00 bits per heavy atom. The smallest absolute Gasteiger partial charge is 0.332 e. The highest BCUT2D eigenvalue weighted by atomic mass is 79.9. The molecular weight excluding hydrogens is 343 g/mol. The van der Waals surface area contributed by atoms with Crippen LogP contribution in [0.1, 0.15) is 27.2 Å². The number of hydrogen-bond donors (Lipinski definition) is 0. The second-order valence-electron chi connectivity index (χ2n) is 5.42. The van der Waals surface area contributed by atoms with Crippen molar-refractivity contribution in [2.24, 2.45) is 0 Å². The molecule has 0 fully saturated rings. The van der Waals surface area contributed by atoms with Crippen molar-refractivity contribution in [2.75, 3.05) is 19.8 Å². The molecule has 0 aliphatic carbocycles. The average Bonchev–Trinajstić information content (AvgIpc) is 2.35. The van der Waals surface area contributed by atoms with Crippen LogP contribution in [-0.2, 0) is 14.3 Å². The molecule has 0 aliphatic rings. The standard InChI is InChI=1S/C15H20BrFO4/c1-15(2,3)21-14(18)10-19-7-4-8-20-11-5-6-12(16)13(17)9-11/h5-6,9H,4,7-8,10H2,1-3H3. The molecule has 0 heterocycles. The van der Waals surface area contributed by atoms with Crippen molar-refractivity contribution in [2.45, 2.75) is 32.8 Å². The molecule has 0 saturated heterocycles. The number of ether oxygens (including phenoxy) is 3. The third-order valence-corrected chi connectivity index (χ3v) is 2.88. The average molecular weight is 363 g/mol. The first-order chi connectivity index (χ1) is 9.78. The molecule has 1 rings (SSSR count). The van der Waals surface area contributed by atoms with Crippen LogP contribution in [0.3, 0.4) is 0 Å². The van der Waals surface area contributed by atoms with Crippen molar-refractivity contribution < 1.29 is 23.4 Å². The monoisotopic (exact) mass is 362 g/mol. The van der Waals surface area contributed by atoms with E-state index in [1.807, 2.05) is 0 Å². The number of carbonyl (C=O) groups excluding carboxylic acids is 1. The highest BCUT2D eigenvalue weighted by Gasteiger charge is 2.15. The lowest BCUT2D eigenvalue weighted by Crippen LogP contribution is -2.26. The van der Waals surface area contributed by atoms with E-state index in [4.69, 9.17) is 14.2 Å². The Bertz CT molecular complexity index is 471. The lowest BCUT2D eigenvalue weighted by molar-refractivity contribution is -0.160. The Morgan fingerprint density at radius 1 is 1.29 bits per heavy atom. The first kappa shape index (κ1) is 17.9. The first-order valence-corrected chi connectivity index (χ1v) is 7.45. The van der Waals surface area contributed by atoms with E-state index >= 15 is 0 Å². The Hall–Kier alpha value is -1.14. The molecule has 0 unspecified atom stereocenters. The molecule has 0 aromatic heterocycles. The molecule has 0 amide bonds. The van der Waals surface area contributed by atoms with E-state index < -0.39 is 11.6 Å². The topological polar surface area (TPSA) is 44.8 Å². The summed E-state index contributed by atoms with van der Waals surface area (Å²) in [6.45, 7) is 6.08. The number of halogens is 2. The quantitative estimate of drug-likeness (QED) is 0.547. The van der Waals surface area contributed by atoms with Gasteiger partial charge in [-0.05, 0) is 48.8 Å². The second-order valence-corrected chi connectivity index (χ2v) is 6.27. The van der Waals surface area contributed by atoms with Crippen LogP contribution in [0.2, 0.25) is 0 Å². The number of hydrogen-bond acceptors (Lipinski definition) is 4. The van der Waals surface area contributed by atoms with E-state index in [1.54, 1.807) is 32.9 Å². The number of rotatable bonds is 7. The summed E-state index contributed by atoms with van der Waals surface area (Å²) in [5.74, 6) is -0.296. The van der Waals surface area contributed by atoms with Gasteiger partial charge in [-0.1, -0.05) is 0 Å². The number of carbonyl (C=O) groups is 1. The van der Waals surface area contributed by atoms with Gasteiger partial charge in [0, 0.05) is 12.5 Å². The van der Waals surface area contributed by atoms with Crippen LogP contribution < -0.4 is 4.74 Å². The molecular formula is C15H20BrFO4. The fraction of sp³-hybridized carbons (Fsp3) is 0.533. The van der Waals surface area contributed by atoms with Gasteiger partial charge in [-0.2, -0.15) is 0 Å². The fourth-order valence-corrected chi connectivity index (χ4v) is 1.69. The van der Waals surface area contributed by atoms with Gasteiger partial charge in [0.15, 0.2) is 0 Å². The Morgan fingerprint density at radius 3 is 2.62 bits per heavy atom. The maximum atomic E-state index is 13.2. The van der Waals surface area contributed by atoms with Gasteiger partial charge in [0.1, 0.15) is 23.8 Å². The van der Waals surface area contributed by atoms with E-state index in [2.05, 4.69) is 15.9 Å². The number of esters is 1. The van der Waals surface area contributed by atoms with Crippen LogP contribution in [0, 0.1) is 5.82 Å². The fourth-order valence-electron chi connectivity index (χ4n) is 1.44. The molecule has 118 valence electrons. The summed E-state index contributed by atoms with van der Waals surface area (Å²) in [6, 6.07) is 4.57. The molecule has 0 N–H and O–H groups in total.